The number of nitriles is 1. The summed E-state index contributed by atoms with van der Waals surface area (Å²) in [6.07, 6.45) is 6.78. The van der Waals surface area contributed by atoms with E-state index in [0.717, 1.165) is 10.9 Å². The van der Waals surface area contributed by atoms with E-state index in [9.17, 15) is 9.59 Å². The number of ether oxygens (including phenoxy) is 1. The first kappa shape index (κ1) is 20.5. The molecule has 0 radical (unpaired) electrons. The lowest BCUT2D eigenvalue weighted by molar-refractivity contribution is -0.148. The third-order valence-electron chi connectivity index (χ3n) is 5.56. The van der Waals surface area contributed by atoms with Gasteiger partial charge in [0.15, 0.2) is 6.61 Å². The van der Waals surface area contributed by atoms with Crippen molar-refractivity contribution in [2.75, 3.05) is 24.6 Å². The number of carbonyl (C=O) groups is 2. The summed E-state index contributed by atoms with van der Waals surface area (Å²) in [6, 6.07) is 11.4. The first-order chi connectivity index (χ1) is 15.2. The number of fused-ring (bicyclic) bond motifs is 1. The Morgan fingerprint density at radius 1 is 1.13 bits per heavy atom. The van der Waals surface area contributed by atoms with Crippen molar-refractivity contribution in [3.8, 4) is 6.07 Å². The van der Waals surface area contributed by atoms with Gasteiger partial charge in [0.2, 0.25) is 11.7 Å². The van der Waals surface area contributed by atoms with Gasteiger partial charge in [-0.15, -0.1) is 0 Å². The molecule has 1 aliphatic rings. The standard InChI is InChI=1S/C23H23N5O3/c24-9-3-12-28-15-19(18-5-1-2-6-20(18)28)21(29)16-31-22(30)17-7-13-27(14-8-17)23-25-10-4-11-26-23/h1-2,4-6,10-11,15,17H,3,7-8,12-14,16H2. The number of anilines is 1. The molecule has 0 unspecified atom stereocenters. The molecule has 1 aliphatic heterocycles. The Balaban J connectivity index is 1.35. The third-order valence-corrected chi connectivity index (χ3v) is 5.56. The van der Waals surface area contributed by atoms with Crippen LogP contribution in [0.2, 0.25) is 0 Å². The molecule has 8 heteroatoms. The van der Waals surface area contributed by atoms with Crippen LogP contribution in [-0.2, 0) is 16.1 Å². The Labute approximate surface area is 180 Å². The van der Waals surface area contributed by atoms with Gasteiger partial charge >= 0.3 is 5.97 Å². The van der Waals surface area contributed by atoms with Gasteiger partial charge in [-0.1, -0.05) is 18.2 Å². The van der Waals surface area contributed by atoms with Crippen LogP contribution >= 0.6 is 0 Å². The Morgan fingerprint density at radius 2 is 1.87 bits per heavy atom. The van der Waals surface area contributed by atoms with Gasteiger partial charge in [-0.05, 0) is 25.0 Å². The molecule has 0 saturated carbocycles. The predicted molar refractivity (Wildman–Crippen MR) is 114 cm³/mol. The summed E-state index contributed by atoms with van der Waals surface area (Å²) in [5.41, 5.74) is 1.40. The minimum Gasteiger partial charge on any atom is -0.457 e. The highest BCUT2D eigenvalue weighted by Crippen LogP contribution is 2.24. The molecule has 3 aromatic rings. The largest absolute Gasteiger partial charge is 0.457 e. The van der Waals surface area contributed by atoms with E-state index in [4.69, 9.17) is 10.00 Å². The average Bonchev–Trinajstić information content (AvgIpc) is 3.20. The van der Waals surface area contributed by atoms with Gasteiger partial charge in [0.1, 0.15) is 0 Å². The van der Waals surface area contributed by atoms with E-state index in [2.05, 4.69) is 16.0 Å². The Morgan fingerprint density at radius 3 is 2.61 bits per heavy atom. The normalized spacial score (nSPS) is 14.4. The predicted octanol–water partition coefficient (Wildman–Crippen LogP) is 2.99. The topological polar surface area (TPSA) is 101 Å². The lowest BCUT2D eigenvalue weighted by Gasteiger charge is -2.30. The van der Waals surface area contributed by atoms with Crippen molar-refractivity contribution < 1.29 is 14.3 Å². The number of rotatable bonds is 7. The fourth-order valence-corrected chi connectivity index (χ4v) is 3.93. The summed E-state index contributed by atoms with van der Waals surface area (Å²) >= 11 is 0. The quantitative estimate of drug-likeness (QED) is 0.430. The molecular weight excluding hydrogens is 394 g/mol. The highest BCUT2D eigenvalue weighted by atomic mass is 16.5. The lowest BCUT2D eigenvalue weighted by Crippen LogP contribution is -2.38. The first-order valence-corrected chi connectivity index (χ1v) is 10.3. The van der Waals surface area contributed by atoms with Crippen LogP contribution in [-0.4, -0.2) is 46.0 Å². The Kier molecular flexibility index (Phi) is 6.22. The summed E-state index contributed by atoms with van der Waals surface area (Å²) in [5.74, 6) is -0.146. The van der Waals surface area contributed by atoms with Crippen LogP contribution in [0.25, 0.3) is 10.9 Å². The van der Waals surface area contributed by atoms with Gasteiger partial charge in [0.25, 0.3) is 0 Å². The van der Waals surface area contributed by atoms with E-state index in [0.29, 0.717) is 50.4 Å². The Bertz CT molecular complexity index is 1110. The number of esters is 1. The lowest BCUT2D eigenvalue weighted by atomic mass is 9.97. The maximum absolute atomic E-state index is 12.8. The van der Waals surface area contributed by atoms with E-state index in [-0.39, 0.29) is 24.3 Å². The maximum atomic E-state index is 12.8. The number of aryl methyl sites for hydroxylation is 1. The van der Waals surface area contributed by atoms with Crippen molar-refractivity contribution in [1.82, 2.24) is 14.5 Å². The molecule has 8 nitrogen and oxygen atoms in total. The summed E-state index contributed by atoms with van der Waals surface area (Å²) in [4.78, 5) is 35.8. The van der Waals surface area contributed by atoms with Gasteiger partial charge in [-0.3, -0.25) is 9.59 Å². The number of nitrogens with zero attached hydrogens (tertiary/aromatic N) is 5. The van der Waals surface area contributed by atoms with Gasteiger partial charge in [-0.25, -0.2) is 9.97 Å². The molecule has 0 aliphatic carbocycles. The van der Waals surface area contributed by atoms with Crippen LogP contribution in [0.1, 0.15) is 29.6 Å². The second-order valence-corrected chi connectivity index (χ2v) is 7.50. The van der Waals surface area contributed by atoms with Crippen molar-refractivity contribution >= 4 is 28.6 Å². The molecule has 31 heavy (non-hydrogen) atoms. The van der Waals surface area contributed by atoms with Gasteiger partial charge in [-0.2, -0.15) is 5.26 Å². The van der Waals surface area contributed by atoms with Gasteiger partial charge < -0.3 is 14.2 Å². The van der Waals surface area contributed by atoms with Crippen LogP contribution in [0.3, 0.4) is 0 Å². The number of ketones is 1. The first-order valence-electron chi connectivity index (χ1n) is 10.3. The van der Waals surface area contributed by atoms with E-state index in [1.807, 2.05) is 33.7 Å². The second-order valence-electron chi connectivity index (χ2n) is 7.50. The monoisotopic (exact) mass is 417 g/mol. The number of carbonyl (C=O) groups excluding carboxylic acids is 2. The molecular formula is C23H23N5O3. The minimum atomic E-state index is -0.338. The zero-order valence-electron chi connectivity index (χ0n) is 17.1. The minimum absolute atomic E-state index is 0.232. The molecule has 0 N–H and O–H groups in total. The zero-order valence-corrected chi connectivity index (χ0v) is 17.1. The fourth-order valence-electron chi connectivity index (χ4n) is 3.93. The number of para-hydroxylation sites is 1. The zero-order chi connectivity index (χ0) is 21.6. The molecule has 158 valence electrons. The summed E-state index contributed by atoms with van der Waals surface area (Å²) in [7, 11) is 0. The molecule has 1 aromatic carbocycles. The summed E-state index contributed by atoms with van der Waals surface area (Å²) < 4.78 is 7.28. The molecule has 0 atom stereocenters. The Hall–Kier alpha value is -3.73. The number of Topliss-reactive ketones (excluding diaryl/α,β-unsaturated/α-hetero) is 1. The van der Waals surface area contributed by atoms with Crippen LogP contribution in [0.15, 0.2) is 48.9 Å². The number of aromatic nitrogens is 3. The van der Waals surface area contributed by atoms with E-state index >= 15 is 0 Å². The van der Waals surface area contributed by atoms with Crippen molar-refractivity contribution in [3.63, 3.8) is 0 Å². The van der Waals surface area contributed by atoms with Gasteiger partial charge in [0.05, 0.1) is 18.4 Å². The number of hydrogen-bond acceptors (Lipinski definition) is 7. The second kappa shape index (κ2) is 9.39. The van der Waals surface area contributed by atoms with Crippen molar-refractivity contribution in [2.24, 2.45) is 5.92 Å². The molecule has 0 amide bonds. The molecule has 0 spiro atoms. The van der Waals surface area contributed by atoms with Crippen LogP contribution < -0.4 is 4.90 Å². The number of piperidine rings is 1. The average molecular weight is 417 g/mol. The molecule has 1 saturated heterocycles. The number of hydrogen-bond donors (Lipinski definition) is 0. The van der Waals surface area contributed by atoms with Crippen LogP contribution in [0, 0.1) is 17.2 Å². The van der Waals surface area contributed by atoms with Crippen LogP contribution in [0.4, 0.5) is 5.95 Å². The molecule has 4 rings (SSSR count). The molecule has 0 bridgehead atoms. The van der Waals surface area contributed by atoms with Crippen molar-refractivity contribution in [3.05, 3.63) is 54.5 Å². The van der Waals surface area contributed by atoms with E-state index in [1.165, 1.54) is 0 Å². The van der Waals surface area contributed by atoms with Crippen molar-refractivity contribution in [2.45, 2.75) is 25.8 Å². The maximum Gasteiger partial charge on any atom is 0.309 e. The van der Waals surface area contributed by atoms with Crippen molar-refractivity contribution in [1.29, 1.82) is 5.26 Å². The molecule has 1 fully saturated rings. The number of benzene rings is 1. The smallest absolute Gasteiger partial charge is 0.309 e. The third kappa shape index (κ3) is 4.56. The van der Waals surface area contributed by atoms with E-state index < -0.39 is 0 Å². The molecule has 3 heterocycles. The highest BCUT2D eigenvalue weighted by molar-refractivity contribution is 6.09. The highest BCUT2D eigenvalue weighted by Gasteiger charge is 2.28. The van der Waals surface area contributed by atoms with E-state index in [1.54, 1.807) is 24.7 Å². The summed E-state index contributed by atoms with van der Waals surface area (Å²) in [5, 5.41) is 9.67. The fraction of sp³-hybridized carbons (Fsp3) is 0.348. The van der Waals surface area contributed by atoms with Gasteiger partial charge in [0, 0.05) is 54.7 Å². The molecule has 2 aromatic heterocycles. The van der Waals surface area contributed by atoms with Crippen LogP contribution in [0.5, 0.6) is 0 Å². The summed E-state index contributed by atoms with van der Waals surface area (Å²) in [6.45, 7) is 1.56. The SMILES string of the molecule is N#CCCn1cc(C(=O)COC(=O)C2CCN(c3ncccn3)CC2)c2ccccc21.